The fourth-order valence-corrected chi connectivity index (χ4v) is 4.86. The van der Waals surface area contributed by atoms with Gasteiger partial charge in [-0.15, -0.1) is 0 Å². The highest BCUT2D eigenvalue weighted by atomic mass is 35.5. The highest BCUT2D eigenvalue weighted by Gasteiger charge is 2.29. The summed E-state index contributed by atoms with van der Waals surface area (Å²) in [7, 11) is -3.69. The maximum Gasteiger partial charge on any atom is 0.244 e. The van der Waals surface area contributed by atoms with Crippen LogP contribution in [0.4, 0.5) is 0 Å². The minimum Gasteiger partial charge on any atom is -0.245 e. The van der Waals surface area contributed by atoms with E-state index in [0.717, 1.165) is 11.3 Å². The lowest BCUT2D eigenvalue weighted by molar-refractivity contribution is 0.387. The van der Waals surface area contributed by atoms with Crippen LogP contribution in [0.1, 0.15) is 29.8 Å². The number of aromatic nitrogens is 1. The third-order valence-electron chi connectivity index (χ3n) is 4.41. The Balaban J connectivity index is 1.69. The van der Waals surface area contributed by atoms with Gasteiger partial charge in [0, 0.05) is 18.8 Å². The molecule has 0 aliphatic carbocycles. The van der Waals surface area contributed by atoms with Crippen LogP contribution in [0.3, 0.4) is 0 Å². The fraction of sp³-hybridized carbons (Fsp3) is 0.238. The maximum absolute atomic E-state index is 12.8. The van der Waals surface area contributed by atoms with Crippen molar-refractivity contribution in [3.63, 3.8) is 0 Å². The number of allylic oxidation sites excluding steroid dienone is 1. The first-order valence-electron chi connectivity index (χ1n) is 8.73. The summed E-state index contributed by atoms with van der Waals surface area (Å²) in [5.41, 5.74) is 3.07. The summed E-state index contributed by atoms with van der Waals surface area (Å²) >= 11 is 6.09. The fourth-order valence-electron chi connectivity index (χ4n) is 2.90. The van der Waals surface area contributed by atoms with E-state index in [1.807, 2.05) is 37.3 Å². The second-order valence-electron chi connectivity index (χ2n) is 6.40. The van der Waals surface area contributed by atoms with Crippen molar-refractivity contribution in [2.75, 3.05) is 13.1 Å². The molecule has 2 heterocycles. The number of sulfonamides is 1. The van der Waals surface area contributed by atoms with E-state index in [4.69, 9.17) is 16.9 Å². The van der Waals surface area contributed by atoms with Crippen molar-refractivity contribution >= 4 is 21.6 Å². The molecule has 1 fully saturated rings. The lowest BCUT2D eigenvalue weighted by Gasteiger charge is -2.27. The SMILES string of the molecule is Cc1cccc(C#CC=C2CCN(S(=O)(=O)c3ccc(C#N)cc3Cl)CC2)n1. The number of rotatable bonds is 2. The number of hydrogen-bond donors (Lipinski definition) is 0. The number of nitrogens with zero attached hydrogens (tertiary/aromatic N) is 3. The second kappa shape index (κ2) is 8.58. The molecule has 2 aromatic rings. The number of aryl methyl sites for hydroxylation is 1. The molecule has 0 saturated carbocycles. The summed E-state index contributed by atoms with van der Waals surface area (Å²) in [5.74, 6) is 6.02. The van der Waals surface area contributed by atoms with Gasteiger partial charge >= 0.3 is 0 Å². The third-order valence-corrected chi connectivity index (χ3v) is 6.79. The van der Waals surface area contributed by atoms with Gasteiger partial charge < -0.3 is 0 Å². The van der Waals surface area contributed by atoms with E-state index in [0.29, 0.717) is 37.2 Å². The van der Waals surface area contributed by atoms with Crippen LogP contribution in [0.2, 0.25) is 5.02 Å². The van der Waals surface area contributed by atoms with E-state index in [1.54, 1.807) is 0 Å². The van der Waals surface area contributed by atoms with Crippen LogP contribution in [0.25, 0.3) is 0 Å². The van der Waals surface area contributed by atoms with Gasteiger partial charge in [-0.2, -0.15) is 9.57 Å². The van der Waals surface area contributed by atoms with Crippen LogP contribution in [-0.2, 0) is 10.0 Å². The van der Waals surface area contributed by atoms with E-state index in [-0.39, 0.29) is 9.92 Å². The maximum atomic E-state index is 12.8. The van der Waals surface area contributed by atoms with Crippen molar-refractivity contribution in [2.24, 2.45) is 0 Å². The molecule has 1 aromatic heterocycles. The minimum atomic E-state index is -3.69. The Morgan fingerprint density at radius 2 is 1.96 bits per heavy atom. The predicted molar refractivity (Wildman–Crippen MR) is 108 cm³/mol. The molecule has 0 radical (unpaired) electrons. The Morgan fingerprint density at radius 3 is 2.61 bits per heavy atom. The van der Waals surface area contributed by atoms with Crippen LogP contribution < -0.4 is 0 Å². The molecule has 3 rings (SSSR count). The molecular weight excluding hydrogens is 394 g/mol. The highest BCUT2D eigenvalue weighted by Crippen LogP contribution is 2.28. The van der Waals surface area contributed by atoms with Gasteiger partial charge in [0.1, 0.15) is 10.6 Å². The summed E-state index contributed by atoms with van der Waals surface area (Å²) in [4.78, 5) is 4.36. The van der Waals surface area contributed by atoms with Gasteiger partial charge in [0.2, 0.25) is 10.0 Å². The minimum absolute atomic E-state index is 0.0332. The van der Waals surface area contributed by atoms with Crippen LogP contribution in [0, 0.1) is 30.1 Å². The van der Waals surface area contributed by atoms with E-state index < -0.39 is 10.0 Å². The largest absolute Gasteiger partial charge is 0.245 e. The first-order valence-corrected chi connectivity index (χ1v) is 10.5. The van der Waals surface area contributed by atoms with Crippen molar-refractivity contribution in [1.82, 2.24) is 9.29 Å². The summed E-state index contributed by atoms with van der Waals surface area (Å²) in [5, 5.41) is 8.97. The van der Waals surface area contributed by atoms with E-state index >= 15 is 0 Å². The first-order chi connectivity index (χ1) is 13.4. The zero-order chi connectivity index (χ0) is 20.1. The van der Waals surface area contributed by atoms with Gasteiger partial charge in [0.25, 0.3) is 0 Å². The highest BCUT2D eigenvalue weighted by molar-refractivity contribution is 7.89. The van der Waals surface area contributed by atoms with Gasteiger partial charge in [-0.25, -0.2) is 13.4 Å². The van der Waals surface area contributed by atoms with Gasteiger partial charge in [-0.05, 0) is 62.1 Å². The summed E-state index contributed by atoms with van der Waals surface area (Å²) in [6.07, 6.45) is 3.08. The Kier molecular flexibility index (Phi) is 6.16. The zero-order valence-electron chi connectivity index (χ0n) is 15.3. The molecule has 1 aliphatic rings. The molecule has 0 bridgehead atoms. The molecule has 0 amide bonds. The number of halogens is 1. The van der Waals surface area contributed by atoms with Crippen LogP contribution in [0.5, 0.6) is 0 Å². The van der Waals surface area contributed by atoms with Gasteiger partial charge in [-0.3, -0.25) is 0 Å². The molecule has 5 nitrogen and oxygen atoms in total. The number of nitriles is 1. The van der Waals surface area contributed by atoms with Crippen molar-refractivity contribution in [2.45, 2.75) is 24.7 Å². The van der Waals surface area contributed by atoms with Gasteiger partial charge in [0.15, 0.2) is 0 Å². The van der Waals surface area contributed by atoms with Crippen molar-refractivity contribution in [3.8, 4) is 17.9 Å². The van der Waals surface area contributed by atoms with Gasteiger partial charge in [-0.1, -0.05) is 29.2 Å². The number of benzene rings is 1. The predicted octanol–water partition coefficient (Wildman–Crippen LogP) is 3.68. The molecule has 1 saturated heterocycles. The number of piperidine rings is 1. The Bertz CT molecular complexity index is 1130. The molecule has 7 heteroatoms. The lowest BCUT2D eigenvalue weighted by Crippen LogP contribution is -2.36. The lowest BCUT2D eigenvalue weighted by atomic mass is 10.1. The van der Waals surface area contributed by atoms with Crippen LogP contribution >= 0.6 is 11.6 Å². The monoisotopic (exact) mass is 411 g/mol. The van der Waals surface area contributed by atoms with Crippen LogP contribution in [0.15, 0.2) is 52.9 Å². The topological polar surface area (TPSA) is 74.1 Å². The Labute approximate surface area is 170 Å². The second-order valence-corrected chi connectivity index (χ2v) is 8.71. The summed E-state index contributed by atoms with van der Waals surface area (Å²) in [6.45, 7) is 2.66. The Hall–Kier alpha value is -2.64. The summed E-state index contributed by atoms with van der Waals surface area (Å²) < 4.78 is 27.1. The van der Waals surface area contributed by atoms with Crippen molar-refractivity contribution < 1.29 is 8.42 Å². The smallest absolute Gasteiger partial charge is 0.244 e. The standard InChI is InChI=1S/C21H18ClN3O2S/c1-16-4-2-6-19(24-16)7-3-5-17-10-12-25(13-11-17)28(26,27)21-9-8-18(15-23)14-20(21)22/h2,4-6,8-9,14H,10-13H2,1H3. The molecule has 0 N–H and O–H groups in total. The average Bonchev–Trinajstić information content (AvgIpc) is 2.68. The average molecular weight is 412 g/mol. The Morgan fingerprint density at radius 1 is 1.21 bits per heavy atom. The summed E-state index contributed by atoms with van der Waals surface area (Å²) in [6, 6.07) is 11.9. The molecule has 1 aliphatic heterocycles. The number of pyridine rings is 1. The first kappa shape index (κ1) is 20.1. The molecule has 28 heavy (non-hydrogen) atoms. The van der Waals surface area contributed by atoms with E-state index in [2.05, 4.69) is 16.8 Å². The normalized spacial score (nSPS) is 14.7. The molecular formula is C21H18ClN3O2S. The quantitative estimate of drug-likeness (QED) is 0.706. The van der Waals surface area contributed by atoms with Crippen molar-refractivity contribution in [3.05, 3.63) is 70.0 Å². The zero-order valence-corrected chi connectivity index (χ0v) is 16.9. The van der Waals surface area contributed by atoms with E-state index in [9.17, 15) is 8.42 Å². The van der Waals surface area contributed by atoms with Crippen LogP contribution in [-0.4, -0.2) is 30.8 Å². The molecule has 1 aromatic carbocycles. The van der Waals surface area contributed by atoms with Gasteiger partial charge in [0.05, 0.1) is 16.7 Å². The molecule has 0 spiro atoms. The molecule has 0 unspecified atom stereocenters. The number of hydrogen-bond acceptors (Lipinski definition) is 4. The molecule has 142 valence electrons. The third kappa shape index (κ3) is 4.61. The van der Waals surface area contributed by atoms with Crippen molar-refractivity contribution in [1.29, 1.82) is 5.26 Å². The molecule has 0 atom stereocenters. The van der Waals surface area contributed by atoms with E-state index in [1.165, 1.54) is 22.5 Å².